The highest BCUT2D eigenvalue weighted by atomic mass is 16.5. The van der Waals surface area contributed by atoms with Gasteiger partial charge in [0.1, 0.15) is 0 Å². The number of hydrogen-bond acceptors (Lipinski definition) is 5. The molecule has 1 atom stereocenters. The van der Waals surface area contributed by atoms with Crippen molar-refractivity contribution in [2.45, 2.75) is 6.04 Å². The highest BCUT2D eigenvalue weighted by Crippen LogP contribution is 2.07. The van der Waals surface area contributed by atoms with Gasteiger partial charge in [0.05, 0.1) is 32.4 Å². The van der Waals surface area contributed by atoms with E-state index in [1.807, 2.05) is 0 Å². The number of aliphatic hydroxyl groups excluding tert-OH is 1. The average molecular weight is 293 g/mol. The fourth-order valence-electron chi connectivity index (χ4n) is 2.13. The van der Waals surface area contributed by atoms with Crippen LogP contribution in [0.3, 0.4) is 0 Å². The minimum atomic E-state index is -0.348. The summed E-state index contributed by atoms with van der Waals surface area (Å²) in [6.07, 6.45) is 0. The van der Waals surface area contributed by atoms with E-state index in [1.165, 1.54) is 4.90 Å². The van der Waals surface area contributed by atoms with Crippen LogP contribution in [0.4, 0.5) is 5.69 Å². The summed E-state index contributed by atoms with van der Waals surface area (Å²) in [6.45, 7) is 0.904. The Bertz CT molecular complexity index is 503. The molecule has 0 saturated carbocycles. The number of anilines is 1. The molecule has 1 fully saturated rings. The smallest absolute Gasteiger partial charge is 0.251 e. The Morgan fingerprint density at radius 3 is 2.76 bits per heavy atom. The molecule has 2 amide bonds. The first-order chi connectivity index (χ1) is 10.1. The summed E-state index contributed by atoms with van der Waals surface area (Å²) in [4.78, 5) is 25.5. The van der Waals surface area contributed by atoms with Crippen LogP contribution in [0.1, 0.15) is 10.4 Å². The van der Waals surface area contributed by atoms with Crippen LogP contribution in [0.25, 0.3) is 0 Å². The van der Waals surface area contributed by atoms with E-state index in [1.54, 1.807) is 24.3 Å². The second kappa shape index (κ2) is 7.05. The number of nitrogens with two attached hydrogens (primary N) is 1. The molecule has 114 valence electrons. The van der Waals surface area contributed by atoms with Gasteiger partial charge in [-0.25, -0.2) is 0 Å². The molecule has 0 spiro atoms. The van der Waals surface area contributed by atoms with Crippen LogP contribution in [-0.2, 0) is 9.53 Å². The van der Waals surface area contributed by atoms with Gasteiger partial charge in [-0.05, 0) is 24.3 Å². The van der Waals surface area contributed by atoms with Crippen molar-refractivity contribution in [1.82, 2.24) is 10.2 Å². The molecule has 1 heterocycles. The summed E-state index contributed by atoms with van der Waals surface area (Å²) in [5.74, 6) is -0.571. The Labute approximate surface area is 122 Å². The van der Waals surface area contributed by atoms with Crippen LogP contribution < -0.4 is 11.1 Å². The number of ether oxygens (including phenoxy) is 1. The predicted octanol–water partition coefficient (Wildman–Crippen LogP) is -0.782. The van der Waals surface area contributed by atoms with Crippen LogP contribution in [0.5, 0.6) is 0 Å². The van der Waals surface area contributed by atoms with E-state index in [0.29, 0.717) is 31.0 Å². The van der Waals surface area contributed by atoms with Gasteiger partial charge in [-0.15, -0.1) is 0 Å². The van der Waals surface area contributed by atoms with Crippen molar-refractivity contribution in [3.05, 3.63) is 29.8 Å². The normalized spacial score (nSPS) is 18.3. The first kappa shape index (κ1) is 15.3. The van der Waals surface area contributed by atoms with Crippen molar-refractivity contribution >= 4 is 17.5 Å². The van der Waals surface area contributed by atoms with E-state index in [2.05, 4.69) is 5.32 Å². The molecule has 1 aliphatic rings. The minimum absolute atomic E-state index is 0.111. The maximum Gasteiger partial charge on any atom is 0.251 e. The van der Waals surface area contributed by atoms with Crippen LogP contribution >= 0.6 is 0 Å². The number of amides is 2. The summed E-state index contributed by atoms with van der Waals surface area (Å²) >= 11 is 0. The molecule has 21 heavy (non-hydrogen) atoms. The predicted molar refractivity (Wildman–Crippen MR) is 76.6 cm³/mol. The summed E-state index contributed by atoms with van der Waals surface area (Å²) in [5.41, 5.74) is 6.56. The van der Waals surface area contributed by atoms with E-state index in [4.69, 9.17) is 10.5 Å². The molecule has 0 bridgehead atoms. The molecule has 7 nitrogen and oxygen atoms in total. The quantitative estimate of drug-likeness (QED) is 0.632. The minimum Gasteiger partial charge on any atom is -0.399 e. The summed E-state index contributed by atoms with van der Waals surface area (Å²) in [6, 6.07) is 6.10. The summed E-state index contributed by atoms with van der Waals surface area (Å²) in [5, 5.41) is 11.8. The number of hydrogen-bond donors (Lipinski definition) is 3. The first-order valence-corrected chi connectivity index (χ1v) is 6.73. The number of carbonyl (C=O) groups excluding carboxylic acids is 2. The van der Waals surface area contributed by atoms with Gasteiger partial charge >= 0.3 is 0 Å². The molecular weight excluding hydrogens is 274 g/mol. The van der Waals surface area contributed by atoms with Gasteiger partial charge in [0.15, 0.2) is 0 Å². The van der Waals surface area contributed by atoms with Gasteiger partial charge < -0.3 is 25.8 Å². The largest absolute Gasteiger partial charge is 0.399 e. The van der Waals surface area contributed by atoms with Gasteiger partial charge in [-0.1, -0.05) is 0 Å². The number of rotatable bonds is 4. The second-order valence-corrected chi connectivity index (χ2v) is 4.80. The number of nitrogens with zero attached hydrogens (tertiary/aromatic N) is 1. The number of benzene rings is 1. The van der Waals surface area contributed by atoms with E-state index in [-0.39, 0.29) is 31.0 Å². The van der Waals surface area contributed by atoms with Crippen molar-refractivity contribution in [2.24, 2.45) is 0 Å². The molecule has 1 aromatic carbocycles. The Morgan fingerprint density at radius 1 is 1.38 bits per heavy atom. The van der Waals surface area contributed by atoms with Crippen LogP contribution in [-0.4, -0.2) is 60.8 Å². The Hall–Kier alpha value is -2.12. The molecule has 1 aromatic rings. The van der Waals surface area contributed by atoms with Crippen molar-refractivity contribution in [3.63, 3.8) is 0 Å². The standard InChI is InChI=1S/C14H19N3O4/c15-11-3-1-10(2-4-11)14(20)16-7-13(19)17-5-6-21-9-12(17)8-18/h1-4,12,18H,5-9,15H2,(H,16,20). The van der Waals surface area contributed by atoms with Gasteiger partial charge in [0, 0.05) is 17.8 Å². The van der Waals surface area contributed by atoms with E-state index in [0.717, 1.165) is 0 Å². The third-order valence-corrected chi connectivity index (χ3v) is 3.33. The number of carbonyl (C=O) groups is 2. The lowest BCUT2D eigenvalue weighted by atomic mass is 10.2. The zero-order valence-corrected chi connectivity index (χ0v) is 11.6. The van der Waals surface area contributed by atoms with E-state index in [9.17, 15) is 14.7 Å². The van der Waals surface area contributed by atoms with Gasteiger partial charge in [0.25, 0.3) is 5.91 Å². The van der Waals surface area contributed by atoms with E-state index < -0.39 is 0 Å². The zero-order valence-electron chi connectivity index (χ0n) is 11.6. The highest BCUT2D eigenvalue weighted by Gasteiger charge is 2.26. The molecule has 1 aliphatic heterocycles. The van der Waals surface area contributed by atoms with Crippen molar-refractivity contribution in [2.75, 3.05) is 38.6 Å². The topological polar surface area (TPSA) is 105 Å². The zero-order chi connectivity index (χ0) is 15.2. The molecule has 1 unspecified atom stereocenters. The molecule has 4 N–H and O–H groups in total. The summed E-state index contributed by atoms with van der Waals surface area (Å²) < 4.78 is 5.21. The number of morpholine rings is 1. The molecule has 0 aliphatic carbocycles. The first-order valence-electron chi connectivity index (χ1n) is 6.73. The van der Waals surface area contributed by atoms with Gasteiger partial charge in [0.2, 0.25) is 5.91 Å². The SMILES string of the molecule is Nc1ccc(C(=O)NCC(=O)N2CCOCC2CO)cc1. The van der Waals surface area contributed by atoms with Gasteiger partial charge in [-0.3, -0.25) is 9.59 Å². The van der Waals surface area contributed by atoms with Crippen molar-refractivity contribution < 1.29 is 19.4 Å². The fraction of sp³-hybridized carbons (Fsp3) is 0.429. The molecule has 7 heteroatoms. The Morgan fingerprint density at radius 2 is 2.10 bits per heavy atom. The Kier molecular flexibility index (Phi) is 5.13. The lowest BCUT2D eigenvalue weighted by Gasteiger charge is -2.34. The van der Waals surface area contributed by atoms with Gasteiger partial charge in [-0.2, -0.15) is 0 Å². The third kappa shape index (κ3) is 3.93. The maximum atomic E-state index is 12.1. The van der Waals surface area contributed by atoms with Crippen LogP contribution in [0, 0.1) is 0 Å². The summed E-state index contributed by atoms with van der Waals surface area (Å²) in [7, 11) is 0. The number of aliphatic hydroxyl groups is 1. The monoisotopic (exact) mass is 293 g/mol. The highest BCUT2D eigenvalue weighted by molar-refractivity contribution is 5.96. The van der Waals surface area contributed by atoms with Crippen molar-refractivity contribution in [3.8, 4) is 0 Å². The van der Waals surface area contributed by atoms with E-state index >= 15 is 0 Å². The third-order valence-electron chi connectivity index (χ3n) is 3.33. The molecular formula is C14H19N3O4. The fourth-order valence-corrected chi connectivity index (χ4v) is 2.13. The lowest BCUT2D eigenvalue weighted by Crippen LogP contribution is -2.53. The second-order valence-electron chi connectivity index (χ2n) is 4.80. The molecule has 1 saturated heterocycles. The average Bonchev–Trinajstić information content (AvgIpc) is 2.52. The molecule has 0 radical (unpaired) electrons. The lowest BCUT2D eigenvalue weighted by molar-refractivity contribution is -0.140. The molecule has 2 rings (SSSR count). The number of nitrogens with one attached hydrogen (secondary N) is 1. The Balaban J connectivity index is 1.88. The maximum absolute atomic E-state index is 12.1. The van der Waals surface area contributed by atoms with Crippen LogP contribution in [0.2, 0.25) is 0 Å². The number of nitrogen functional groups attached to an aromatic ring is 1. The van der Waals surface area contributed by atoms with Crippen molar-refractivity contribution in [1.29, 1.82) is 0 Å². The van der Waals surface area contributed by atoms with Crippen LogP contribution in [0.15, 0.2) is 24.3 Å². The molecule has 0 aromatic heterocycles.